The molecular formula is C22H34N2O3. The van der Waals surface area contributed by atoms with Crippen LogP contribution >= 0.6 is 0 Å². The monoisotopic (exact) mass is 374 g/mol. The maximum atomic E-state index is 12.2. The third-order valence-corrected chi connectivity index (χ3v) is 5.53. The van der Waals surface area contributed by atoms with Crippen molar-refractivity contribution in [3.05, 3.63) is 29.6 Å². The lowest BCUT2D eigenvalue weighted by atomic mass is 9.91. The summed E-state index contributed by atoms with van der Waals surface area (Å²) in [6.45, 7) is 9.42. The Balaban J connectivity index is 1.37. The van der Waals surface area contributed by atoms with Gasteiger partial charge in [0.15, 0.2) is 0 Å². The van der Waals surface area contributed by atoms with Gasteiger partial charge in [-0.1, -0.05) is 6.07 Å². The van der Waals surface area contributed by atoms with Crippen LogP contribution < -0.4 is 0 Å². The summed E-state index contributed by atoms with van der Waals surface area (Å²) in [7, 11) is 0. The van der Waals surface area contributed by atoms with Crippen LogP contribution in [0.3, 0.4) is 0 Å². The lowest BCUT2D eigenvalue weighted by Gasteiger charge is -2.33. The van der Waals surface area contributed by atoms with E-state index in [-0.39, 0.29) is 12.2 Å². The molecule has 1 amide bonds. The molecule has 2 fully saturated rings. The first-order valence-corrected chi connectivity index (χ1v) is 10.4. The van der Waals surface area contributed by atoms with Gasteiger partial charge in [0.2, 0.25) is 0 Å². The third-order valence-electron chi connectivity index (χ3n) is 5.53. The molecule has 0 radical (unpaired) electrons. The van der Waals surface area contributed by atoms with Crippen molar-refractivity contribution in [1.82, 2.24) is 9.88 Å². The van der Waals surface area contributed by atoms with Crippen LogP contribution in [0.4, 0.5) is 4.79 Å². The highest BCUT2D eigenvalue weighted by molar-refractivity contribution is 5.68. The van der Waals surface area contributed by atoms with Gasteiger partial charge in [-0.15, -0.1) is 0 Å². The fraction of sp³-hybridized carbons (Fsp3) is 0.727. The van der Waals surface area contributed by atoms with Crippen molar-refractivity contribution in [2.24, 2.45) is 5.92 Å². The number of hydrogen-bond acceptors (Lipinski definition) is 4. The summed E-state index contributed by atoms with van der Waals surface area (Å²) in [5.74, 6) is 0.684. The van der Waals surface area contributed by atoms with Crippen LogP contribution in [0.1, 0.15) is 76.7 Å². The quantitative estimate of drug-likeness (QED) is 0.741. The Bertz CT molecular complexity index is 615. The first-order chi connectivity index (χ1) is 12.8. The van der Waals surface area contributed by atoms with E-state index in [2.05, 4.69) is 24.0 Å². The average Bonchev–Trinajstić information content (AvgIpc) is 3.08. The number of rotatable bonds is 4. The summed E-state index contributed by atoms with van der Waals surface area (Å²) in [4.78, 5) is 18.5. The van der Waals surface area contributed by atoms with E-state index in [1.807, 2.05) is 31.9 Å². The molecule has 27 heavy (non-hydrogen) atoms. The van der Waals surface area contributed by atoms with E-state index in [1.54, 1.807) is 0 Å². The topological polar surface area (TPSA) is 51.7 Å². The number of likely N-dealkylation sites (tertiary alicyclic amines) is 1. The van der Waals surface area contributed by atoms with Crippen molar-refractivity contribution in [2.45, 2.75) is 84.0 Å². The van der Waals surface area contributed by atoms with Gasteiger partial charge in [-0.25, -0.2) is 4.79 Å². The Morgan fingerprint density at radius 2 is 1.93 bits per heavy atom. The molecule has 1 aromatic heterocycles. The molecule has 0 aliphatic carbocycles. The summed E-state index contributed by atoms with van der Waals surface area (Å²) in [5, 5.41) is 0. The zero-order valence-corrected chi connectivity index (χ0v) is 17.2. The number of ether oxygens (including phenoxy) is 2. The molecule has 2 atom stereocenters. The van der Waals surface area contributed by atoms with Crippen molar-refractivity contribution in [2.75, 3.05) is 13.1 Å². The second kappa shape index (κ2) is 8.59. The van der Waals surface area contributed by atoms with Crippen LogP contribution in [-0.4, -0.2) is 40.8 Å². The van der Waals surface area contributed by atoms with Gasteiger partial charge in [0.25, 0.3) is 0 Å². The van der Waals surface area contributed by atoms with Gasteiger partial charge in [-0.05, 0) is 83.8 Å². The van der Waals surface area contributed by atoms with Crippen molar-refractivity contribution < 1.29 is 14.3 Å². The summed E-state index contributed by atoms with van der Waals surface area (Å²) < 4.78 is 11.7. The molecule has 0 N–H and O–H groups in total. The molecular weight excluding hydrogens is 340 g/mol. The largest absolute Gasteiger partial charge is 0.444 e. The van der Waals surface area contributed by atoms with Gasteiger partial charge in [0, 0.05) is 19.3 Å². The van der Waals surface area contributed by atoms with Crippen LogP contribution in [0, 0.1) is 12.8 Å². The van der Waals surface area contributed by atoms with Crippen LogP contribution in [0.2, 0.25) is 0 Å². The van der Waals surface area contributed by atoms with Gasteiger partial charge < -0.3 is 14.4 Å². The summed E-state index contributed by atoms with van der Waals surface area (Å²) in [6.07, 6.45) is 8.86. The highest BCUT2D eigenvalue weighted by Gasteiger charge is 2.30. The fourth-order valence-corrected chi connectivity index (χ4v) is 3.96. The maximum Gasteiger partial charge on any atom is 0.410 e. The van der Waals surface area contributed by atoms with E-state index in [0.29, 0.717) is 12.0 Å². The van der Waals surface area contributed by atoms with Crippen molar-refractivity contribution in [3.63, 3.8) is 0 Å². The number of hydrogen-bond donors (Lipinski definition) is 0. The van der Waals surface area contributed by atoms with Crippen LogP contribution in [0.5, 0.6) is 0 Å². The number of carbonyl (C=O) groups excluding carboxylic acids is 1. The van der Waals surface area contributed by atoms with E-state index in [1.165, 1.54) is 12.0 Å². The standard InChI is InChI=1S/C22H34N2O3/c1-16-5-9-19(23-15-16)20-10-8-18(26-20)7-6-17-11-13-24(14-12-17)21(25)27-22(2,3)4/h5,9,15,17-18,20H,6-8,10-14H2,1-4H3. The molecule has 2 unspecified atom stereocenters. The molecule has 3 heterocycles. The Kier molecular flexibility index (Phi) is 6.40. The fourth-order valence-electron chi connectivity index (χ4n) is 3.96. The predicted octanol–water partition coefficient (Wildman–Crippen LogP) is 5.04. The van der Waals surface area contributed by atoms with Crippen molar-refractivity contribution in [1.29, 1.82) is 0 Å². The molecule has 0 saturated carbocycles. The lowest BCUT2D eigenvalue weighted by Crippen LogP contribution is -2.41. The molecule has 150 valence electrons. The number of aromatic nitrogens is 1. The van der Waals surface area contributed by atoms with E-state index in [9.17, 15) is 4.79 Å². The van der Waals surface area contributed by atoms with E-state index >= 15 is 0 Å². The number of amides is 1. The number of aryl methyl sites for hydroxylation is 1. The van der Waals surface area contributed by atoms with Crippen LogP contribution in [0.15, 0.2) is 18.3 Å². The molecule has 3 rings (SSSR count). The van der Waals surface area contributed by atoms with Gasteiger partial charge in [-0.2, -0.15) is 0 Å². The molecule has 2 aliphatic rings. The van der Waals surface area contributed by atoms with Crippen LogP contribution in [0.25, 0.3) is 0 Å². The molecule has 2 saturated heterocycles. The first kappa shape index (κ1) is 20.1. The molecule has 0 bridgehead atoms. The first-order valence-electron chi connectivity index (χ1n) is 10.4. The number of piperidine rings is 1. The maximum absolute atomic E-state index is 12.2. The Hall–Kier alpha value is -1.62. The van der Waals surface area contributed by atoms with Crippen molar-refractivity contribution >= 4 is 6.09 Å². The minimum atomic E-state index is -0.420. The SMILES string of the molecule is Cc1ccc(C2CCC(CCC3CCN(C(=O)OC(C)(C)C)CC3)O2)nc1. The Morgan fingerprint density at radius 3 is 2.56 bits per heavy atom. The minimum Gasteiger partial charge on any atom is -0.444 e. The molecule has 1 aromatic rings. The highest BCUT2D eigenvalue weighted by Crippen LogP contribution is 2.35. The van der Waals surface area contributed by atoms with Crippen molar-refractivity contribution in [3.8, 4) is 0 Å². The number of pyridine rings is 1. The molecule has 5 nitrogen and oxygen atoms in total. The lowest BCUT2D eigenvalue weighted by molar-refractivity contribution is 0.0147. The van der Waals surface area contributed by atoms with Gasteiger partial charge in [-0.3, -0.25) is 4.98 Å². The summed E-state index contributed by atoms with van der Waals surface area (Å²) in [6, 6.07) is 4.20. The van der Waals surface area contributed by atoms with Gasteiger partial charge in [0.1, 0.15) is 5.60 Å². The zero-order chi connectivity index (χ0) is 19.4. The Labute approximate surface area is 163 Å². The Morgan fingerprint density at radius 1 is 1.19 bits per heavy atom. The van der Waals surface area contributed by atoms with E-state index in [4.69, 9.17) is 9.47 Å². The zero-order valence-electron chi connectivity index (χ0n) is 17.2. The highest BCUT2D eigenvalue weighted by atomic mass is 16.6. The van der Waals surface area contributed by atoms with Crippen LogP contribution in [-0.2, 0) is 9.47 Å². The average molecular weight is 375 g/mol. The number of carbonyl (C=O) groups is 1. The molecule has 0 spiro atoms. The molecule has 0 aromatic carbocycles. The summed E-state index contributed by atoms with van der Waals surface area (Å²) in [5.41, 5.74) is 1.83. The molecule has 2 aliphatic heterocycles. The summed E-state index contributed by atoms with van der Waals surface area (Å²) >= 11 is 0. The predicted molar refractivity (Wildman–Crippen MR) is 106 cm³/mol. The smallest absolute Gasteiger partial charge is 0.410 e. The molecule has 5 heteroatoms. The van der Waals surface area contributed by atoms with Gasteiger partial charge in [0.05, 0.1) is 17.9 Å². The number of nitrogens with zero attached hydrogens (tertiary/aromatic N) is 2. The van der Waals surface area contributed by atoms with Gasteiger partial charge >= 0.3 is 6.09 Å². The van der Waals surface area contributed by atoms with E-state index < -0.39 is 5.60 Å². The third kappa shape index (κ3) is 5.93. The van der Waals surface area contributed by atoms with E-state index in [0.717, 1.165) is 50.9 Å². The second-order valence-corrected chi connectivity index (χ2v) is 9.07. The second-order valence-electron chi connectivity index (χ2n) is 9.07. The normalized spacial score (nSPS) is 24.2. The minimum absolute atomic E-state index is 0.157.